The van der Waals surface area contributed by atoms with Crippen molar-refractivity contribution >= 4 is 11.5 Å². The Balaban J connectivity index is 1.86. The van der Waals surface area contributed by atoms with Crippen molar-refractivity contribution in [1.82, 2.24) is 4.57 Å². The Morgan fingerprint density at radius 3 is 2.39 bits per heavy atom. The lowest BCUT2D eigenvalue weighted by Crippen LogP contribution is -2.07. The van der Waals surface area contributed by atoms with Crippen LogP contribution in [0.5, 0.6) is 11.5 Å². The van der Waals surface area contributed by atoms with Crippen LogP contribution in [-0.2, 0) is 0 Å². The van der Waals surface area contributed by atoms with E-state index in [1.54, 1.807) is 31.4 Å². The summed E-state index contributed by atoms with van der Waals surface area (Å²) >= 11 is 0. The van der Waals surface area contributed by atoms with Gasteiger partial charge in [0.1, 0.15) is 0 Å². The van der Waals surface area contributed by atoms with E-state index in [2.05, 4.69) is 0 Å². The first kappa shape index (κ1) is 17.8. The Bertz CT molecular complexity index is 1070. The molecule has 1 unspecified atom stereocenters. The number of carbonyl (C=O) groups excluding carboxylic acids is 1. The zero-order valence-electron chi connectivity index (χ0n) is 15.4. The molecule has 0 radical (unpaired) electrons. The molecular weight excluding hydrogens is 360 g/mol. The molecule has 1 aromatic heterocycles. The molecule has 3 aromatic rings. The number of nitro groups is 1. The molecule has 2 aromatic carbocycles. The van der Waals surface area contributed by atoms with Gasteiger partial charge in [-0.25, -0.2) is 0 Å². The molecule has 7 nitrogen and oxygen atoms in total. The molecule has 1 aliphatic rings. The molecule has 0 saturated heterocycles. The van der Waals surface area contributed by atoms with Crippen LogP contribution in [0.1, 0.15) is 34.0 Å². The van der Waals surface area contributed by atoms with Gasteiger partial charge in [-0.3, -0.25) is 14.9 Å². The van der Waals surface area contributed by atoms with Gasteiger partial charge in [0.05, 0.1) is 24.8 Å². The largest absolute Gasteiger partial charge is 0.493 e. The van der Waals surface area contributed by atoms with E-state index in [4.69, 9.17) is 9.47 Å². The molecule has 142 valence electrons. The summed E-state index contributed by atoms with van der Waals surface area (Å²) in [6.45, 7) is 0. The number of ketones is 1. The van der Waals surface area contributed by atoms with Crippen molar-refractivity contribution in [1.29, 1.82) is 0 Å². The highest BCUT2D eigenvalue weighted by molar-refractivity contribution is 6.01. The third kappa shape index (κ3) is 2.81. The fraction of sp³-hybridized carbons (Fsp3) is 0.190. The zero-order chi connectivity index (χ0) is 19.8. The second-order valence-corrected chi connectivity index (χ2v) is 6.56. The average Bonchev–Trinajstić information content (AvgIpc) is 3.16. The number of hydrogen-bond donors (Lipinski definition) is 0. The lowest BCUT2D eigenvalue weighted by molar-refractivity contribution is -0.384. The summed E-state index contributed by atoms with van der Waals surface area (Å²) in [7, 11) is 3.09. The maximum Gasteiger partial charge on any atom is 0.269 e. The number of rotatable bonds is 4. The third-order valence-electron chi connectivity index (χ3n) is 5.09. The normalized spacial score (nSPS) is 15.4. The highest BCUT2D eigenvalue weighted by atomic mass is 16.6. The van der Waals surface area contributed by atoms with Gasteiger partial charge < -0.3 is 14.0 Å². The number of nitrogens with zero attached hydrogens (tertiary/aromatic N) is 2. The summed E-state index contributed by atoms with van der Waals surface area (Å²) in [4.78, 5) is 23.6. The maximum absolute atomic E-state index is 13.1. The van der Waals surface area contributed by atoms with Crippen LogP contribution >= 0.6 is 0 Å². The van der Waals surface area contributed by atoms with Crippen LogP contribution in [0.25, 0.3) is 5.69 Å². The number of methoxy groups -OCH3 is 2. The first-order valence-electron chi connectivity index (χ1n) is 8.74. The number of carbonyl (C=O) groups is 1. The second kappa shape index (κ2) is 6.84. The van der Waals surface area contributed by atoms with Gasteiger partial charge in [-0.1, -0.05) is 12.1 Å². The minimum Gasteiger partial charge on any atom is -0.493 e. The first-order chi connectivity index (χ1) is 13.5. The van der Waals surface area contributed by atoms with Crippen molar-refractivity contribution < 1.29 is 19.2 Å². The standard InChI is InChI=1S/C21H18N2O5/c1-27-20-11-16-18(12-21(20)28-2)22-9-3-4-17(22)15(10-19(16)24)13-5-7-14(8-6-13)23(25)26/h3-9,11-12,15H,10H2,1-2H3. The Hall–Kier alpha value is -3.61. The zero-order valence-corrected chi connectivity index (χ0v) is 15.4. The van der Waals surface area contributed by atoms with Crippen molar-refractivity contribution in [3.8, 4) is 17.2 Å². The molecule has 0 fully saturated rings. The predicted octanol–water partition coefficient (Wildman–Crippen LogP) is 4.12. The Morgan fingerprint density at radius 2 is 1.75 bits per heavy atom. The molecule has 0 N–H and O–H groups in total. The molecule has 1 atom stereocenters. The molecule has 0 bridgehead atoms. The van der Waals surface area contributed by atoms with Crippen LogP contribution < -0.4 is 9.47 Å². The number of Topliss-reactive ketones (excluding diaryl/α,β-unsaturated/α-hetero) is 1. The van der Waals surface area contributed by atoms with Gasteiger partial charge in [0, 0.05) is 48.0 Å². The Kier molecular flexibility index (Phi) is 4.35. The molecule has 0 amide bonds. The summed E-state index contributed by atoms with van der Waals surface area (Å²) in [6, 6.07) is 13.8. The predicted molar refractivity (Wildman–Crippen MR) is 103 cm³/mol. The minimum absolute atomic E-state index is 0.0249. The summed E-state index contributed by atoms with van der Waals surface area (Å²) in [5.74, 6) is 0.801. The van der Waals surface area contributed by atoms with E-state index in [0.717, 1.165) is 16.9 Å². The monoisotopic (exact) mass is 378 g/mol. The highest BCUT2D eigenvalue weighted by Gasteiger charge is 2.30. The fourth-order valence-corrected chi connectivity index (χ4v) is 3.71. The van der Waals surface area contributed by atoms with Gasteiger partial charge in [0.25, 0.3) is 5.69 Å². The van der Waals surface area contributed by atoms with E-state index in [9.17, 15) is 14.9 Å². The van der Waals surface area contributed by atoms with Crippen LogP contribution in [0.4, 0.5) is 5.69 Å². The number of nitro benzene ring substituents is 1. The van der Waals surface area contributed by atoms with Gasteiger partial charge >= 0.3 is 0 Å². The highest BCUT2D eigenvalue weighted by Crippen LogP contribution is 2.40. The second-order valence-electron chi connectivity index (χ2n) is 6.56. The SMILES string of the molecule is COc1cc2c(cc1OC)-n1cccc1C(c1ccc([N+](=O)[O-])cc1)CC2=O. The molecular formula is C21H18N2O5. The lowest BCUT2D eigenvalue weighted by atomic mass is 9.90. The van der Waals surface area contributed by atoms with Crippen LogP contribution in [-0.4, -0.2) is 29.5 Å². The van der Waals surface area contributed by atoms with Crippen molar-refractivity contribution in [3.05, 3.63) is 81.7 Å². The molecule has 7 heteroatoms. The Morgan fingerprint density at radius 1 is 1.07 bits per heavy atom. The number of ether oxygens (including phenoxy) is 2. The van der Waals surface area contributed by atoms with Crippen LogP contribution in [0, 0.1) is 10.1 Å². The summed E-state index contributed by atoms with van der Waals surface area (Å²) < 4.78 is 12.7. The first-order valence-corrected chi connectivity index (χ1v) is 8.74. The van der Waals surface area contributed by atoms with Gasteiger partial charge in [0.2, 0.25) is 0 Å². The molecule has 1 aliphatic heterocycles. The molecule has 4 rings (SSSR count). The maximum atomic E-state index is 13.1. The lowest BCUT2D eigenvalue weighted by Gasteiger charge is -2.17. The average molecular weight is 378 g/mol. The molecule has 0 aliphatic carbocycles. The quantitative estimate of drug-likeness (QED) is 0.504. The van der Waals surface area contributed by atoms with E-state index < -0.39 is 4.92 Å². The van der Waals surface area contributed by atoms with Crippen molar-refractivity contribution in [2.45, 2.75) is 12.3 Å². The van der Waals surface area contributed by atoms with Gasteiger partial charge in [-0.05, 0) is 23.8 Å². The van der Waals surface area contributed by atoms with E-state index in [-0.39, 0.29) is 23.8 Å². The van der Waals surface area contributed by atoms with Crippen LogP contribution in [0.2, 0.25) is 0 Å². The molecule has 0 saturated carbocycles. The van der Waals surface area contributed by atoms with Crippen molar-refractivity contribution in [2.75, 3.05) is 14.2 Å². The topological polar surface area (TPSA) is 83.6 Å². The van der Waals surface area contributed by atoms with Crippen LogP contribution in [0.15, 0.2) is 54.7 Å². The van der Waals surface area contributed by atoms with E-state index >= 15 is 0 Å². The molecule has 28 heavy (non-hydrogen) atoms. The smallest absolute Gasteiger partial charge is 0.269 e. The van der Waals surface area contributed by atoms with E-state index in [1.807, 2.05) is 22.9 Å². The minimum atomic E-state index is -0.431. The molecule has 0 spiro atoms. The Labute approximate surface area is 161 Å². The van der Waals surface area contributed by atoms with Gasteiger partial charge in [-0.2, -0.15) is 0 Å². The van der Waals surface area contributed by atoms with E-state index in [0.29, 0.717) is 17.1 Å². The number of hydrogen-bond acceptors (Lipinski definition) is 5. The van der Waals surface area contributed by atoms with E-state index in [1.165, 1.54) is 19.2 Å². The number of non-ortho nitro benzene ring substituents is 1. The summed E-state index contributed by atoms with van der Waals surface area (Å²) in [5.41, 5.74) is 3.10. The van der Waals surface area contributed by atoms with Gasteiger partial charge in [0.15, 0.2) is 17.3 Å². The number of aromatic nitrogens is 1. The van der Waals surface area contributed by atoms with Crippen molar-refractivity contribution in [3.63, 3.8) is 0 Å². The van der Waals surface area contributed by atoms with Gasteiger partial charge in [-0.15, -0.1) is 0 Å². The number of benzene rings is 2. The van der Waals surface area contributed by atoms with Crippen LogP contribution in [0.3, 0.4) is 0 Å². The third-order valence-corrected chi connectivity index (χ3v) is 5.09. The summed E-state index contributed by atoms with van der Waals surface area (Å²) in [6.07, 6.45) is 2.15. The fourth-order valence-electron chi connectivity index (χ4n) is 3.71. The van der Waals surface area contributed by atoms with Crippen molar-refractivity contribution in [2.24, 2.45) is 0 Å². The molecule has 2 heterocycles. The summed E-state index contributed by atoms with van der Waals surface area (Å²) in [5, 5.41) is 10.9. The number of fused-ring (bicyclic) bond motifs is 3.